The summed E-state index contributed by atoms with van der Waals surface area (Å²) < 4.78 is 56.6. The van der Waals surface area contributed by atoms with Crippen LogP contribution in [0.4, 0.5) is 18.0 Å². The van der Waals surface area contributed by atoms with E-state index in [-0.39, 0.29) is 32.5 Å². The number of hydrogen-bond donors (Lipinski definition) is 0. The quantitative estimate of drug-likeness (QED) is 0.538. The van der Waals surface area contributed by atoms with Crippen molar-refractivity contribution in [1.82, 2.24) is 9.88 Å². The number of ether oxygens (including phenoxy) is 4. The minimum Gasteiger partial charge on any atom is -0.493 e. The first-order valence-electron chi connectivity index (χ1n) is 10.0. The number of esters is 1. The highest BCUT2D eigenvalue weighted by atomic mass is 32.1. The second-order valence-electron chi connectivity index (χ2n) is 7.25. The third-order valence-electron chi connectivity index (χ3n) is 4.99. The van der Waals surface area contributed by atoms with Gasteiger partial charge in [-0.3, -0.25) is 4.79 Å². The number of halogens is 3. The average molecular weight is 488 g/mol. The van der Waals surface area contributed by atoms with Gasteiger partial charge in [0.15, 0.2) is 18.1 Å². The van der Waals surface area contributed by atoms with Crippen LogP contribution in [0.2, 0.25) is 0 Å². The van der Waals surface area contributed by atoms with E-state index >= 15 is 0 Å². The molecule has 1 aromatic heterocycles. The first-order chi connectivity index (χ1) is 15.7. The summed E-state index contributed by atoms with van der Waals surface area (Å²) >= 11 is 1.40. The summed E-state index contributed by atoms with van der Waals surface area (Å²) in [6.07, 6.45) is -5.04. The Hall–Kier alpha value is -3.02. The summed E-state index contributed by atoms with van der Waals surface area (Å²) in [5, 5.41) is 2.52. The third kappa shape index (κ3) is 6.73. The maximum absolute atomic E-state index is 12.4. The smallest absolute Gasteiger partial charge is 0.422 e. The number of nitrogens with zero attached hydrogens (tertiary/aromatic N) is 2. The molecule has 1 aliphatic rings. The molecule has 3 rings (SSSR count). The predicted octanol–water partition coefficient (Wildman–Crippen LogP) is 4.28. The largest absolute Gasteiger partial charge is 0.493 e. The van der Waals surface area contributed by atoms with Gasteiger partial charge in [0.05, 0.1) is 25.8 Å². The maximum Gasteiger partial charge on any atom is 0.422 e. The Labute approximate surface area is 192 Å². The van der Waals surface area contributed by atoms with Gasteiger partial charge in [0, 0.05) is 24.0 Å². The normalized spacial score (nSPS) is 14.6. The molecule has 1 amide bonds. The van der Waals surface area contributed by atoms with Gasteiger partial charge in [-0.2, -0.15) is 13.2 Å². The molecule has 180 valence electrons. The molecule has 0 bridgehead atoms. The fourth-order valence-electron chi connectivity index (χ4n) is 3.27. The molecular weight excluding hydrogens is 465 g/mol. The summed E-state index contributed by atoms with van der Waals surface area (Å²) in [4.78, 5) is 29.7. The van der Waals surface area contributed by atoms with E-state index in [9.17, 15) is 22.8 Å². The molecule has 0 aliphatic carbocycles. The summed E-state index contributed by atoms with van der Waals surface area (Å²) in [5.74, 6) is 0.304. The minimum absolute atomic E-state index is 0.00351. The molecule has 2 aromatic rings. The van der Waals surface area contributed by atoms with Crippen LogP contribution in [-0.2, 0) is 20.9 Å². The van der Waals surface area contributed by atoms with Gasteiger partial charge in [-0.25, -0.2) is 9.78 Å². The van der Waals surface area contributed by atoms with Gasteiger partial charge >= 0.3 is 18.2 Å². The molecule has 0 N–H and O–H groups in total. The minimum atomic E-state index is -4.58. The average Bonchev–Trinajstić information content (AvgIpc) is 3.29. The zero-order chi connectivity index (χ0) is 24.0. The van der Waals surface area contributed by atoms with Gasteiger partial charge in [-0.15, -0.1) is 11.3 Å². The zero-order valence-electron chi connectivity index (χ0n) is 18.0. The fourth-order valence-corrected chi connectivity index (χ4v) is 4.07. The number of carbonyl (C=O) groups excluding carboxylic acids is 2. The number of benzene rings is 1. The third-order valence-corrected chi connectivity index (χ3v) is 5.93. The van der Waals surface area contributed by atoms with Crippen LogP contribution in [0.3, 0.4) is 0 Å². The lowest BCUT2D eigenvalue weighted by Gasteiger charge is -2.30. The first-order valence-corrected chi connectivity index (χ1v) is 10.9. The van der Waals surface area contributed by atoms with Gasteiger partial charge in [-0.1, -0.05) is 0 Å². The van der Waals surface area contributed by atoms with Gasteiger partial charge in [0.2, 0.25) is 0 Å². The Morgan fingerprint density at radius 3 is 2.45 bits per heavy atom. The van der Waals surface area contributed by atoms with Crippen LogP contribution < -0.4 is 9.47 Å². The SMILES string of the molecule is COc1ccc(-c2nc(COC(=O)C3CCN(C(=O)OCC(F)(F)F)CC3)cs2)cc1OC. The number of aromatic nitrogens is 1. The highest BCUT2D eigenvalue weighted by Crippen LogP contribution is 2.33. The van der Waals surface area contributed by atoms with Crippen LogP contribution in [0.25, 0.3) is 10.6 Å². The molecular formula is C21H23F3N2O6S. The molecule has 2 heterocycles. The lowest BCUT2D eigenvalue weighted by molar-refractivity contribution is -0.163. The summed E-state index contributed by atoms with van der Waals surface area (Å²) in [6.45, 7) is -1.39. The monoisotopic (exact) mass is 488 g/mol. The van der Waals surface area contributed by atoms with Gasteiger partial charge in [-0.05, 0) is 31.0 Å². The Kier molecular flexibility index (Phi) is 8.01. The van der Waals surface area contributed by atoms with Gasteiger partial charge in [0.25, 0.3) is 0 Å². The van der Waals surface area contributed by atoms with E-state index in [1.165, 1.54) is 11.3 Å². The van der Waals surface area contributed by atoms with Crippen molar-refractivity contribution in [3.05, 3.63) is 29.3 Å². The number of piperidine rings is 1. The van der Waals surface area contributed by atoms with E-state index in [4.69, 9.17) is 14.2 Å². The molecule has 0 spiro atoms. The molecule has 1 saturated heterocycles. The standard InChI is InChI=1S/C21H23F3N2O6S/c1-29-16-4-3-14(9-17(16)30-2)18-25-15(11-33-18)10-31-19(27)13-5-7-26(8-6-13)20(28)32-12-21(22,23)24/h3-4,9,11,13H,5-8,10,12H2,1-2H3. The van der Waals surface area contributed by atoms with E-state index in [1.807, 2.05) is 6.07 Å². The Bertz CT molecular complexity index is 973. The second kappa shape index (κ2) is 10.7. The van der Waals surface area contributed by atoms with Crippen LogP contribution in [0, 0.1) is 5.92 Å². The number of thiazole rings is 1. The highest BCUT2D eigenvalue weighted by Gasteiger charge is 2.33. The Balaban J connectivity index is 1.47. The van der Waals surface area contributed by atoms with Crippen LogP contribution in [0.15, 0.2) is 23.6 Å². The Morgan fingerprint density at radius 2 is 1.82 bits per heavy atom. The second-order valence-corrected chi connectivity index (χ2v) is 8.11. The van der Waals surface area contributed by atoms with Crippen LogP contribution in [0.5, 0.6) is 11.5 Å². The number of hydrogen-bond acceptors (Lipinski definition) is 8. The molecule has 1 fully saturated rings. The number of likely N-dealkylation sites (tertiary alicyclic amines) is 1. The number of alkyl halides is 3. The molecule has 0 saturated carbocycles. The van der Waals surface area contributed by atoms with Crippen molar-refractivity contribution in [2.75, 3.05) is 33.9 Å². The van der Waals surface area contributed by atoms with Crippen molar-refractivity contribution in [2.45, 2.75) is 25.6 Å². The molecule has 0 unspecified atom stereocenters. The van der Waals surface area contributed by atoms with E-state index in [2.05, 4.69) is 9.72 Å². The van der Waals surface area contributed by atoms with Crippen molar-refractivity contribution in [3.63, 3.8) is 0 Å². The maximum atomic E-state index is 12.4. The number of rotatable bonds is 7. The van der Waals surface area contributed by atoms with Crippen molar-refractivity contribution in [2.24, 2.45) is 5.92 Å². The predicted molar refractivity (Wildman–Crippen MR) is 112 cm³/mol. The van der Waals surface area contributed by atoms with Crippen molar-refractivity contribution in [1.29, 1.82) is 0 Å². The number of amides is 1. The molecule has 1 aliphatic heterocycles. The van der Waals surface area contributed by atoms with E-state index < -0.39 is 30.8 Å². The van der Waals surface area contributed by atoms with Crippen LogP contribution >= 0.6 is 11.3 Å². The molecule has 12 heteroatoms. The highest BCUT2D eigenvalue weighted by molar-refractivity contribution is 7.13. The summed E-state index contributed by atoms with van der Waals surface area (Å²) in [7, 11) is 3.10. The van der Waals surface area contributed by atoms with Gasteiger partial charge < -0.3 is 23.8 Å². The summed E-state index contributed by atoms with van der Waals surface area (Å²) in [6, 6.07) is 5.44. The lowest BCUT2D eigenvalue weighted by atomic mass is 9.97. The van der Waals surface area contributed by atoms with Gasteiger partial charge in [0.1, 0.15) is 11.6 Å². The fraction of sp³-hybridized carbons (Fsp3) is 0.476. The topological polar surface area (TPSA) is 87.2 Å². The molecule has 0 atom stereocenters. The molecule has 0 radical (unpaired) electrons. The van der Waals surface area contributed by atoms with Crippen molar-refractivity contribution in [3.8, 4) is 22.1 Å². The van der Waals surface area contributed by atoms with Crippen LogP contribution in [0.1, 0.15) is 18.5 Å². The van der Waals surface area contributed by atoms with E-state index in [1.54, 1.807) is 31.7 Å². The molecule has 8 nitrogen and oxygen atoms in total. The summed E-state index contributed by atoms with van der Waals surface area (Å²) in [5.41, 5.74) is 1.42. The van der Waals surface area contributed by atoms with Crippen molar-refractivity contribution >= 4 is 23.4 Å². The van der Waals surface area contributed by atoms with E-state index in [0.717, 1.165) is 15.5 Å². The van der Waals surface area contributed by atoms with Crippen LogP contribution in [-0.4, -0.2) is 62.0 Å². The molecule has 33 heavy (non-hydrogen) atoms. The first kappa shape index (κ1) is 24.6. The Morgan fingerprint density at radius 1 is 1.12 bits per heavy atom. The number of methoxy groups -OCH3 is 2. The van der Waals surface area contributed by atoms with Crippen molar-refractivity contribution < 1.29 is 41.7 Å². The zero-order valence-corrected chi connectivity index (χ0v) is 18.8. The van der Waals surface area contributed by atoms with E-state index in [0.29, 0.717) is 17.2 Å². The number of carbonyl (C=O) groups is 2. The lowest BCUT2D eigenvalue weighted by Crippen LogP contribution is -2.41. The molecule has 1 aromatic carbocycles.